The Hall–Kier alpha value is -1.62. The lowest BCUT2D eigenvalue weighted by atomic mass is 10.3. The van der Waals surface area contributed by atoms with E-state index in [0.717, 1.165) is 12.3 Å². The maximum Gasteiger partial charge on any atom is 0.255 e. The standard InChI is InChI=1S/C10H9NO3S/c1-7(12)15(13,14)10-6-8-4-2-3-5-9(8)11-10/h2-6,11H,1H3. The van der Waals surface area contributed by atoms with Crippen molar-refractivity contribution in [2.24, 2.45) is 0 Å². The Morgan fingerprint density at radius 2 is 1.93 bits per heavy atom. The molecule has 2 aromatic rings. The minimum Gasteiger partial charge on any atom is -0.345 e. The Bertz CT molecular complexity index is 592. The van der Waals surface area contributed by atoms with Gasteiger partial charge in [0, 0.05) is 17.8 Å². The minimum atomic E-state index is -3.83. The monoisotopic (exact) mass is 223 g/mol. The first-order valence-corrected chi connectivity index (χ1v) is 5.83. The zero-order chi connectivity index (χ0) is 11.1. The fraction of sp³-hybridized carbons (Fsp3) is 0.100. The molecule has 0 aliphatic rings. The van der Waals surface area contributed by atoms with Crippen LogP contribution in [0.3, 0.4) is 0 Å². The second-order valence-corrected chi connectivity index (χ2v) is 5.24. The number of sulfone groups is 1. The van der Waals surface area contributed by atoms with Crippen LogP contribution < -0.4 is 0 Å². The highest BCUT2D eigenvalue weighted by Crippen LogP contribution is 2.19. The quantitative estimate of drug-likeness (QED) is 0.796. The van der Waals surface area contributed by atoms with E-state index >= 15 is 0 Å². The predicted octanol–water partition coefficient (Wildman–Crippen LogP) is 1.49. The van der Waals surface area contributed by atoms with E-state index in [1.807, 2.05) is 0 Å². The van der Waals surface area contributed by atoms with Crippen LogP contribution in [0.1, 0.15) is 6.92 Å². The Kier molecular flexibility index (Phi) is 2.12. The molecule has 78 valence electrons. The molecule has 0 fully saturated rings. The highest BCUT2D eigenvalue weighted by molar-refractivity contribution is 8.06. The van der Waals surface area contributed by atoms with Crippen molar-refractivity contribution in [3.05, 3.63) is 30.3 Å². The van der Waals surface area contributed by atoms with E-state index in [2.05, 4.69) is 4.98 Å². The molecule has 0 amide bonds. The number of hydrogen-bond acceptors (Lipinski definition) is 3. The van der Waals surface area contributed by atoms with Crippen molar-refractivity contribution in [3.63, 3.8) is 0 Å². The van der Waals surface area contributed by atoms with Crippen LogP contribution >= 0.6 is 0 Å². The number of hydrogen-bond donors (Lipinski definition) is 1. The molecule has 1 aromatic heterocycles. The number of nitrogens with one attached hydrogen (secondary N) is 1. The van der Waals surface area contributed by atoms with Gasteiger partial charge in [-0.3, -0.25) is 4.79 Å². The van der Waals surface area contributed by atoms with Gasteiger partial charge in [0.15, 0.2) is 0 Å². The summed E-state index contributed by atoms with van der Waals surface area (Å²) in [6.07, 6.45) is 0. The summed E-state index contributed by atoms with van der Waals surface area (Å²) >= 11 is 0. The summed E-state index contributed by atoms with van der Waals surface area (Å²) in [5.74, 6) is 0. The summed E-state index contributed by atoms with van der Waals surface area (Å²) in [4.78, 5) is 13.6. The maximum atomic E-state index is 11.5. The van der Waals surface area contributed by atoms with E-state index in [0.29, 0.717) is 5.52 Å². The fourth-order valence-corrected chi connectivity index (χ4v) is 2.18. The molecule has 0 bridgehead atoms. The van der Waals surface area contributed by atoms with Crippen molar-refractivity contribution < 1.29 is 13.2 Å². The molecule has 0 aliphatic carbocycles. The summed E-state index contributed by atoms with van der Waals surface area (Å²) < 4.78 is 23.0. The number of aromatic amines is 1. The summed E-state index contributed by atoms with van der Waals surface area (Å²) in [7, 11) is -3.83. The average Bonchev–Trinajstić information content (AvgIpc) is 2.61. The van der Waals surface area contributed by atoms with Gasteiger partial charge in [-0.15, -0.1) is 0 Å². The predicted molar refractivity (Wildman–Crippen MR) is 56.2 cm³/mol. The number of aromatic nitrogens is 1. The van der Waals surface area contributed by atoms with Crippen LogP contribution in [-0.2, 0) is 14.6 Å². The Morgan fingerprint density at radius 1 is 1.27 bits per heavy atom. The van der Waals surface area contributed by atoms with Crippen LogP contribution in [0.25, 0.3) is 10.9 Å². The molecule has 2 rings (SSSR count). The van der Waals surface area contributed by atoms with Gasteiger partial charge in [-0.2, -0.15) is 0 Å². The Labute approximate surface area is 86.8 Å². The Morgan fingerprint density at radius 3 is 2.53 bits per heavy atom. The molecule has 1 aromatic carbocycles. The van der Waals surface area contributed by atoms with Gasteiger partial charge < -0.3 is 4.98 Å². The SMILES string of the molecule is CC(=O)S(=O)(=O)c1cc2ccccc2[nH]1. The first kappa shape index (κ1) is 9.92. The van der Waals surface area contributed by atoms with E-state index in [-0.39, 0.29) is 5.03 Å². The van der Waals surface area contributed by atoms with Crippen molar-refractivity contribution in [2.45, 2.75) is 11.9 Å². The molecular weight excluding hydrogens is 214 g/mol. The number of H-pyrrole nitrogens is 1. The molecule has 0 unspecified atom stereocenters. The highest BCUT2D eigenvalue weighted by Gasteiger charge is 2.22. The lowest BCUT2D eigenvalue weighted by Crippen LogP contribution is -2.10. The third-order valence-corrected chi connectivity index (χ3v) is 3.73. The van der Waals surface area contributed by atoms with Crippen LogP contribution in [0.15, 0.2) is 35.4 Å². The zero-order valence-corrected chi connectivity index (χ0v) is 8.84. The van der Waals surface area contributed by atoms with Crippen molar-refractivity contribution in [2.75, 3.05) is 0 Å². The average molecular weight is 223 g/mol. The number of rotatable bonds is 1. The number of para-hydroxylation sites is 1. The van der Waals surface area contributed by atoms with Gasteiger partial charge >= 0.3 is 0 Å². The van der Waals surface area contributed by atoms with E-state index < -0.39 is 15.0 Å². The van der Waals surface area contributed by atoms with Crippen molar-refractivity contribution in [1.82, 2.24) is 4.98 Å². The first-order valence-electron chi connectivity index (χ1n) is 4.35. The van der Waals surface area contributed by atoms with E-state index in [1.54, 1.807) is 24.3 Å². The van der Waals surface area contributed by atoms with Crippen LogP contribution in [-0.4, -0.2) is 18.5 Å². The number of carbonyl (C=O) groups excluding carboxylic acids is 1. The topological polar surface area (TPSA) is 67.0 Å². The summed E-state index contributed by atoms with van der Waals surface area (Å²) in [5, 5.41) is -0.123. The third-order valence-electron chi connectivity index (χ3n) is 2.17. The second-order valence-electron chi connectivity index (χ2n) is 3.22. The van der Waals surface area contributed by atoms with Gasteiger partial charge in [0.05, 0.1) is 0 Å². The lowest BCUT2D eigenvalue weighted by molar-refractivity contribution is -0.109. The van der Waals surface area contributed by atoms with E-state index in [9.17, 15) is 13.2 Å². The van der Waals surface area contributed by atoms with Crippen LogP contribution in [0.2, 0.25) is 0 Å². The molecule has 15 heavy (non-hydrogen) atoms. The molecule has 0 spiro atoms. The van der Waals surface area contributed by atoms with Gasteiger partial charge in [0.25, 0.3) is 9.84 Å². The molecule has 0 saturated carbocycles. The summed E-state index contributed by atoms with van der Waals surface area (Å²) in [6.45, 7) is 1.04. The van der Waals surface area contributed by atoms with Crippen molar-refractivity contribution in [3.8, 4) is 0 Å². The molecule has 0 atom stereocenters. The molecule has 1 N–H and O–H groups in total. The normalized spacial score (nSPS) is 11.8. The van der Waals surface area contributed by atoms with Crippen LogP contribution in [0.4, 0.5) is 0 Å². The minimum absolute atomic E-state index is 0.0452. The van der Waals surface area contributed by atoms with Gasteiger partial charge in [0.1, 0.15) is 5.03 Å². The van der Waals surface area contributed by atoms with Crippen LogP contribution in [0, 0.1) is 0 Å². The number of fused-ring (bicyclic) bond motifs is 1. The van der Waals surface area contributed by atoms with Gasteiger partial charge in [-0.1, -0.05) is 18.2 Å². The number of carbonyl (C=O) groups is 1. The molecule has 5 heteroatoms. The summed E-state index contributed by atoms with van der Waals surface area (Å²) in [6, 6.07) is 8.61. The van der Waals surface area contributed by atoms with Gasteiger partial charge in [-0.25, -0.2) is 8.42 Å². The third kappa shape index (κ3) is 1.55. The molecule has 0 radical (unpaired) electrons. The van der Waals surface area contributed by atoms with E-state index in [4.69, 9.17) is 0 Å². The maximum absolute atomic E-state index is 11.5. The fourth-order valence-electron chi connectivity index (χ4n) is 1.35. The largest absolute Gasteiger partial charge is 0.345 e. The summed E-state index contributed by atoms with van der Waals surface area (Å²) in [5.41, 5.74) is 0.706. The van der Waals surface area contributed by atoms with Crippen molar-refractivity contribution in [1.29, 1.82) is 0 Å². The Balaban J connectivity index is 2.69. The van der Waals surface area contributed by atoms with Crippen LogP contribution in [0.5, 0.6) is 0 Å². The number of benzene rings is 1. The molecule has 0 saturated heterocycles. The molecule has 1 heterocycles. The second kappa shape index (κ2) is 3.20. The molecule has 0 aliphatic heterocycles. The van der Waals surface area contributed by atoms with Gasteiger partial charge in [-0.05, 0) is 12.1 Å². The zero-order valence-electron chi connectivity index (χ0n) is 8.02. The van der Waals surface area contributed by atoms with Gasteiger partial charge in [0.2, 0.25) is 5.12 Å². The first-order chi connectivity index (χ1) is 7.01. The van der Waals surface area contributed by atoms with Crippen molar-refractivity contribution >= 4 is 25.9 Å². The smallest absolute Gasteiger partial charge is 0.255 e. The lowest BCUT2D eigenvalue weighted by Gasteiger charge is -1.93. The van der Waals surface area contributed by atoms with E-state index in [1.165, 1.54) is 6.07 Å². The molecular formula is C10H9NO3S. The highest BCUT2D eigenvalue weighted by atomic mass is 32.2. The molecule has 4 nitrogen and oxygen atoms in total.